The fourth-order valence-corrected chi connectivity index (χ4v) is 2.28. The molecule has 82 valence electrons. The van der Waals surface area contributed by atoms with Gasteiger partial charge in [-0.05, 0) is 49.9 Å². The van der Waals surface area contributed by atoms with Gasteiger partial charge in [0, 0.05) is 6.04 Å². The number of benzene rings is 1. The number of methoxy groups -OCH3 is 1. The topological polar surface area (TPSA) is 21.3 Å². The quantitative estimate of drug-likeness (QED) is 0.817. The summed E-state index contributed by atoms with van der Waals surface area (Å²) in [5.74, 6) is 0.984. The highest BCUT2D eigenvalue weighted by molar-refractivity contribution is 5.36. The molecule has 0 aliphatic carbocycles. The minimum absolute atomic E-state index is 0.679. The van der Waals surface area contributed by atoms with Gasteiger partial charge in [-0.3, -0.25) is 0 Å². The van der Waals surface area contributed by atoms with Gasteiger partial charge in [0.2, 0.25) is 0 Å². The molecule has 1 aliphatic heterocycles. The number of hydrogen-bond acceptors (Lipinski definition) is 2. The summed E-state index contributed by atoms with van der Waals surface area (Å²) < 4.78 is 5.25. The lowest BCUT2D eigenvalue weighted by atomic mass is 10.0. The van der Waals surface area contributed by atoms with Crippen LogP contribution in [0.2, 0.25) is 0 Å². The van der Waals surface area contributed by atoms with Crippen LogP contribution in [0.25, 0.3) is 0 Å². The van der Waals surface area contributed by atoms with E-state index in [-0.39, 0.29) is 0 Å². The van der Waals surface area contributed by atoms with E-state index in [9.17, 15) is 0 Å². The van der Waals surface area contributed by atoms with Crippen molar-refractivity contribution in [1.29, 1.82) is 0 Å². The Morgan fingerprint density at radius 2 is 2.33 bits per heavy atom. The second-order valence-corrected chi connectivity index (χ2v) is 4.30. The largest absolute Gasteiger partial charge is 0.496 e. The molecule has 1 fully saturated rings. The van der Waals surface area contributed by atoms with E-state index in [4.69, 9.17) is 4.74 Å². The minimum Gasteiger partial charge on any atom is -0.496 e. The Hall–Kier alpha value is -1.02. The third-order valence-corrected chi connectivity index (χ3v) is 3.10. The van der Waals surface area contributed by atoms with E-state index < -0.39 is 0 Å². The third-order valence-electron chi connectivity index (χ3n) is 3.10. The van der Waals surface area contributed by atoms with E-state index in [0.29, 0.717) is 6.04 Å². The smallest absolute Gasteiger partial charge is 0.121 e. The number of hydrogen-bond donors (Lipinski definition) is 1. The molecule has 1 atom stereocenters. The highest BCUT2D eigenvalue weighted by Crippen LogP contribution is 2.20. The van der Waals surface area contributed by atoms with Gasteiger partial charge in [-0.25, -0.2) is 0 Å². The highest BCUT2D eigenvalue weighted by atomic mass is 16.5. The maximum absolute atomic E-state index is 5.25. The molecule has 1 saturated heterocycles. The Labute approximate surface area is 91.6 Å². The molecule has 15 heavy (non-hydrogen) atoms. The minimum atomic E-state index is 0.679. The van der Waals surface area contributed by atoms with Gasteiger partial charge in [0.1, 0.15) is 5.75 Å². The first-order valence-corrected chi connectivity index (χ1v) is 5.66. The Morgan fingerprint density at radius 1 is 1.47 bits per heavy atom. The Morgan fingerprint density at radius 3 is 2.93 bits per heavy atom. The molecule has 2 rings (SSSR count). The molecule has 2 heteroatoms. The van der Waals surface area contributed by atoms with E-state index in [2.05, 4.69) is 30.4 Å². The van der Waals surface area contributed by atoms with Crippen molar-refractivity contribution in [2.45, 2.75) is 32.2 Å². The number of ether oxygens (including phenoxy) is 1. The van der Waals surface area contributed by atoms with Gasteiger partial charge in [0.05, 0.1) is 7.11 Å². The first-order valence-electron chi connectivity index (χ1n) is 5.66. The average Bonchev–Trinajstić information content (AvgIpc) is 2.71. The van der Waals surface area contributed by atoms with E-state index in [0.717, 1.165) is 12.2 Å². The summed E-state index contributed by atoms with van der Waals surface area (Å²) >= 11 is 0. The van der Waals surface area contributed by atoms with Gasteiger partial charge in [-0.1, -0.05) is 12.1 Å². The van der Waals surface area contributed by atoms with Gasteiger partial charge in [-0.2, -0.15) is 0 Å². The number of nitrogens with one attached hydrogen (secondary N) is 1. The maximum atomic E-state index is 5.25. The first kappa shape index (κ1) is 10.5. The van der Waals surface area contributed by atoms with Crippen LogP contribution in [0.5, 0.6) is 5.75 Å². The summed E-state index contributed by atoms with van der Waals surface area (Å²) in [4.78, 5) is 0. The fraction of sp³-hybridized carbons (Fsp3) is 0.538. The predicted octanol–water partition coefficient (Wildman–Crippen LogP) is 2.30. The van der Waals surface area contributed by atoms with E-state index in [1.54, 1.807) is 7.11 Å². The number of aryl methyl sites for hydroxylation is 1. The number of rotatable bonds is 3. The van der Waals surface area contributed by atoms with Crippen molar-refractivity contribution in [1.82, 2.24) is 5.32 Å². The second-order valence-electron chi connectivity index (χ2n) is 4.30. The van der Waals surface area contributed by atoms with E-state index in [1.807, 2.05) is 0 Å². The summed E-state index contributed by atoms with van der Waals surface area (Å²) in [6.07, 6.45) is 3.77. The summed E-state index contributed by atoms with van der Waals surface area (Å²) in [7, 11) is 1.72. The van der Waals surface area contributed by atoms with Crippen LogP contribution in [0.3, 0.4) is 0 Å². The zero-order chi connectivity index (χ0) is 10.7. The van der Waals surface area contributed by atoms with Crippen molar-refractivity contribution in [2.24, 2.45) is 0 Å². The molecule has 1 aromatic rings. The molecule has 0 unspecified atom stereocenters. The van der Waals surface area contributed by atoms with Crippen molar-refractivity contribution in [3.05, 3.63) is 29.3 Å². The standard InChI is InChI=1S/C13H19NO/c1-10-8-11(5-6-13(10)15-2)9-12-4-3-7-14-12/h5-6,8,12,14H,3-4,7,9H2,1-2H3/t12-/m1/s1. The summed E-state index contributed by atoms with van der Waals surface area (Å²) in [6, 6.07) is 7.15. The van der Waals surface area contributed by atoms with Crippen molar-refractivity contribution >= 4 is 0 Å². The molecule has 1 heterocycles. The third kappa shape index (κ3) is 2.51. The van der Waals surface area contributed by atoms with Crippen LogP contribution in [0.15, 0.2) is 18.2 Å². The molecule has 1 aliphatic rings. The molecule has 0 bridgehead atoms. The van der Waals surface area contributed by atoms with Crippen molar-refractivity contribution in [3.8, 4) is 5.75 Å². The van der Waals surface area contributed by atoms with Crippen LogP contribution in [-0.4, -0.2) is 19.7 Å². The highest BCUT2D eigenvalue weighted by Gasteiger charge is 2.14. The van der Waals surface area contributed by atoms with Crippen LogP contribution in [0.4, 0.5) is 0 Å². The predicted molar refractivity (Wildman–Crippen MR) is 62.5 cm³/mol. The summed E-state index contributed by atoms with van der Waals surface area (Å²) in [5, 5.41) is 3.52. The maximum Gasteiger partial charge on any atom is 0.121 e. The lowest BCUT2D eigenvalue weighted by molar-refractivity contribution is 0.411. The van der Waals surface area contributed by atoms with Crippen molar-refractivity contribution in [2.75, 3.05) is 13.7 Å². The lowest BCUT2D eigenvalue weighted by Crippen LogP contribution is -2.23. The molecule has 0 spiro atoms. The Balaban J connectivity index is 2.05. The fourth-order valence-electron chi connectivity index (χ4n) is 2.28. The van der Waals surface area contributed by atoms with Gasteiger partial charge in [-0.15, -0.1) is 0 Å². The molecule has 2 nitrogen and oxygen atoms in total. The monoisotopic (exact) mass is 205 g/mol. The Bertz CT molecular complexity index is 329. The van der Waals surface area contributed by atoms with Gasteiger partial charge < -0.3 is 10.1 Å². The lowest BCUT2D eigenvalue weighted by Gasteiger charge is -2.12. The van der Waals surface area contributed by atoms with Crippen LogP contribution in [0, 0.1) is 6.92 Å². The van der Waals surface area contributed by atoms with Crippen LogP contribution in [-0.2, 0) is 6.42 Å². The second kappa shape index (κ2) is 4.67. The molecule has 0 amide bonds. The molecule has 1 aromatic carbocycles. The zero-order valence-electron chi connectivity index (χ0n) is 9.55. The van der Waals surface area contributed by atoms with Crippen molar-refractivity contribution in [3.63, 3.8) is 0 Å². The van der Waals surface area contributed by atoms with Crippen LogP contribution >= 0.6 is 0 Å². The van der Waals surface area contributed by atoms with Gasteiger partial charge in [0.15, 0.2) is 0 Å². The van der Waals surface area contributed by atoms with Crippen LogP contribution in [0.1, 0.15) is 24.0 Å². The SMILES string of the molecule is COc1ccc(C[C@H]2CCCN2)cc1C. The first-order chi connectivity index (χ1) is 7.29. The molecule has 0 aromatic heterocycles. The molecule has 0 radical (unpaired) electrons. The normalized spacial score (nSPS) is 20.5. The molecule has 0 saturated carbocycles. The van der Waals surface area contributed by atoms with Gasteiger partial charge >= 0.3 is 0 Å². The Kier molecular flexibility index (Phi) is 3.27. The summed E-state index contributed by atoms with van der Waals surface area (Å²) in [5.41, 5.74) is 2.64. The molecular formula is C13H19NO. The zero-order valence-corrected chi connectivity index (χ0v) is 9.55. The average molecular weight is 205 g/mol. The van der Waals surface area contributed by atoms with E-state index >= 15 is 0 Å². The molecule has 1 N–H and O–H groups in total. The van der Waals surface area contributed by atoms with Crippen molar-refractivity contribution < 1.29 is 4.74 Å². The van der Waals surface area contributed by atoms with Gasteiger partial charge in [0.25, 0.3) is 0 Å². The molecular weight excluding hydrogens is 186 g/mol. The summed E-state index contributed by atoms with van der Waals surface area (Å²) in [6.45, 7) is 3.28. The van der Waals surface area contributed by atoms with Crippen LogP contribution < -0.4 is 10.1 Å². The van der Waals surface area contributed by atoms with E-state index in [1.165, 1.54) is 30.5 Å².